The lowest BCUT2D eigenvalue weighted by molar-refractivity contribution is -0.143. The Morgan fingerprint density at radius 1 is 0.667 bits per heavy atom. The van der Waals surface area contributed by atoms with Crippen LogP contribution < -0.4 is 0 Å². The number of hydrogen-bond acceptors (Lipinski definition) is 4. The minimum atomic E-state index is -0.0724. The van der Waals surface area contributed by atoms with Crippen molar-refractivity contribution in [2.24, 2.45) is 0 Å². The molecule has 0 spiro atoms. The van der Waals surface area contributed by atoms with E-state index >= 15 is 0 Å². The molecular formula is C29H55NO3. The molecule has 0 saturated carbocycles. The normalized spacial score (nSPS) is 10.9. The van der Waals surface area contributed by atoms with Gasteiger partial charge in [0.15, 0.2) is 0 Å². The first-order valence-electron chi connectivity index (χ1n) is 14.2. The summed E-state index contributed by atoms with van der Waals surface area (Å²) in [5.41, 5.74) is 0. The van der Waals surface area contributed by atoms with E-state index in [1.807, 2.05) is 0 Å². The van der Waals surface area contributed by atoms with Crippen molar-refractivity contribution in [2.75, 3.05) is 32.8 Å². The molecule has 0 atom stereocenters. The van der Waals surface area contributed by atoms with Gasteiger partial charge in [0.25, 0.3) is 0 Å². The lowest BCUT2D eigenvalue weighted by Gasteiger charge is -2.22. The summed E-state index contributed by atoms with van der Waals surface area (Å²) < 4.78 is 5.28. The van der Waals surface area contributed by atoms with E-state index in [-0.39, 0.29) is 5.97 Å². The lowest BCUT2D eigenvalue weighted by atomic mass is 10.1. The standard InChI is InChI=1S/C29H55NO3/c1-3-5-7-9-11-16-22-28-33-29(32)23-17-13-12-15-19-25-30(26-20-21-27-31)24-18-14-10-8-6-4-2/h31H,3-10,12-15,17-28H2,1-2H3. The highest BCUT2D eigenvalue weighted by Gasteiger charge is 2.05. The Balaban J connectivity index is 3.69. The van der Waals surface area contributed by atoms with Crippen LogP contribution in [0.1, 0.15) is 136 Å². The van der Waals surface area contributed by atoms with Gasteiger partial charge in [-0.05, 0) is 58.2 Å². The number of ether oxygens (including phenoxy) is 1. The maximum Gasteiger partial charge on any atom is 0.305 e. The van der Waals surface area contributed by atoms with Crippen molar-refractivity contribution in [3.8, 4) is 11.8 Å². The Morgan fingerprint density at radius 3 is 1.82 bits per heavy atom. The maximum atomic E-state index is 11.8. The van der Waals surface area contributed by atoms with Gasteiger partial charge in [-0.2, -0.15) is 0 Å². The number of carbonyl (C=O) groups is 1. The van der Waals surface area contributed by atoms with Crippen LogP contribution in [0.15, 0.2) is 0 Å². The smallest absolute Gasteiger partial charge is 0.305 e. The Labute approximate surface area is 206 Å². The number of aliphatic hydroxyl groups is 1. The molecule has 0 amide bonds. The maximum absolute atomic E-state index is 11.8. The van der Waals surface area contributed by atoms with Crippen LogP contribution in [0.4, 0.5) is 0 Å². The van der Waals surface area contributed by atoms with Crippen molar-refractivity contribution < 1.29 is 14.6 Å². The molecule has 0 aromatic rings. The molecule has 0 unspecified atom stereocenters. The van der Waals surface area contributed by atoms with Crippen molar-refractivity contribution in [1.82, 2.24) is 4.90 Å². The number of unbranched alkanes of at least 4 members (excludes halogenated alkanes) is 13. The highest BCUT2D eigenvalue weighted by Crippen LogP contribution is 2.10. The fourth-order valence-electron chi connectivity index (χ4n) is 3.96. The molecule has 0 rings (SSSR count). The lowest BCUT2D eigenvalue weighted by Crippen LogP contribution is -2.27. The minimum absolute atomic E-state index is 0.0724. The van der Waals surface area contributed by atoms with Gasteiger partial charge in [-0.3, -0.25) is 4.79 Å². The molecule has 0 saturated heterocycles. The molecule has 0 aromatic carbocycles. The van der Waals surface area contributed by atoms with Crippen LogP contribution in [0.25, 0.3) is 0 Å². The molecule has 0 aliphatic heterocycles. The van der Waals surface area contributed by atoms with Crippen LogP contribution in [0.5, 0.6) is 0 Å². The number of hydrogen-bond donors (Lipinski definition) is 1. The molecule has 0 radical (unpaired) electrons. The molecule has 0 aromatic heterocycles. The second kappa shape index (κ2) is 27.2. The first-order chi connectivity index (χ1) is 16.2. The first kappa shape index (κ1) is 31.9. The van der Waals surface area contributed by atoms with Gasteiger partial charge in [-0.15, -0.1) is 5.92 Å². The van der Waals surface area contributed by atoms with E-state index in [4.69, 9.17) is 9.84 Å². The number of rotatable bonds is 24. The molecule has 33 heavy (non-hydrogen) atoms. The van der Waals surface area contributed by atoms with Crippen LogP contribution in [0, 0.1) is 11.8 Å². The molecule has 0 bridgehead atoms. The summed E-state index contributed by atoms with van der Waals surface area (Å²) in [4.78, 5) is 14.4. The second-order valence-corrected chi connectivity index (χ2v) is 9.34. The van der Waals surface area contributed by atoms with Crippen LogP contribution in [0.2, 0.25) is 0 Å². The Bertz CT molecular complexity index is 469. The van der Waals surface area contributed by atoms with E-state index in [2.05, 4.69) is 30.6 Å². The van der Waals surface area contributed by atoms with Gasteiger partial charge in [0, 0.05) is 25.9 Å². The minimum Gasteiger partial charge on any atom is -0.465 e. The van der Waals surface area contributed by atoms with E-state index in [9.17, 15) is 4.79 Å². The number of esters is 1. The highest BCUT2D eigenvalue weighted by atomic mass is 16.5. The van der Waals surface area contributed by atoms with Crippen LogP contribution >= 0.6 is 0 Å². The molecule has 194 valence electrons. The number of nitrogens with zero attached hydrogens (tertiary/aromatic N) is 1. The summed E-state index contributed by atoms with van der Waals surface area (Å²) in [5.74, 6) is 6.18. The monoisotopic (exact) mass is 465 g/mol. The molecule has 4 heteroatoms. The summed E-state index contributed by atoms with van der Waals surface area (Å²) in [6.45, 7) is 8.69. The average molecular weight is 466 g/mol. The topological polar surface area (TPSA) is 49.8 Å². The van der Waals surface area contributed by atoms with E-state index < -0.39 is 0 Å². The molecule has 1 N–H and O–H groups in total. The van der Waals surface area contributed by atoms with Gasteiger partial charge >= 0.3 is 5.97 Å². The molecule has 4 nitrogen and oxygen atoms in total. The van der Waals surface area contributed by atoms with Gasteiger partial charge in [0.05, 0.1) is 0 Å². The zero-order valence-corrected chi connectivity index (χ0v) is 22.2. The van der Waals surface area contributed by atoms with Crippen molar-refractivity contribution in [3.63, 3.8) is 0 Å². The second-order valence-electron chi connectivity index (χ2n) is 9.34. The predicted octanol–water partition coefficient (Wildman–Crippen LogP) is 7.28. The van der Waals surface area contributed by atoms with Gasteiger partial charge in [0.2, 0.25) is 0 Å². The zero-order valence-electron chi connectivity index (χ0n) is 22.2. The van der Waals surface area contributed by atoms with Gasteiger partial charge in [-0.25, -0.2) is 0 Å². The van der Waals surface area contributed by atoms with E-state index in [0.717, 1.165) is 38.6 Å². The van der Waals surface area contributed by atoms with E-state index in [1.165, 1.54) is 90.1 Å². The van der Waals surface area contributed by atoms with E-state index in [1.54, 1.807) is 0 Å². The zero-order chi connectivity index (χ0) is 24.2. The Morgan fingerprint density at radius 2 is 1.18 bits per heavy atom. The highest BCUT2D eigenvalue weighted by molar-refractivity contribution is 5.69. The van der Waals surface area contributed by atoms with Crippen molar-refractivity contribution in [3.05, 3.63) is 0 Å². The average Bonchev–Trinajstić information content (AvgIpc) is 2.82. The van der Waals surface area contributed by atoms with E-state index in [0.29, 0.717) is 26.1 Å². The Hall–Kier alpha value is -1.05. The number of aliphatic hydroxyl groups excluding tert-OH is 1. The van der Waals surface area contributed by atoms with Crippen molar-refractivity contribution in [2.45, 2.75) is 136 Å². The SMILES string of the molecule is CCCCCC#CCCOC(=O)CCCCCCCN(CCCCO)CCCCCCCC. The largest absolute Gasteiger partial charge is 0.465 e. The van der Waals surface area contributed by atoms with Crippen LogP contribution in [-0.4, -0.2) is 48.8 Å². The summed E-state index contributed by atoms with van der Waals surface area (Å²) in [5, 5.41) is 9.06. The van der Waals surface area contributed by atoms with Crippen molar-refractivity contribution in [1.29, 1.82) is 0 Å². The van der Waals surface area contributed by atoms with Crippen molar-refractivity contribution >= 4 is 5.97 Å². The number of carbonyl (C=O) groups excluding carboxylic acids is 1. The summed E-state index contributed by atoms with van der Waals surface area (Å²) in [7, 11) is 0. The van der Waals surface area contributed by atoms with Gasteiger partial charge in [-0.1, -0.05) is 84.0 Å². The first-order valence-corrected chi connectivity index (χ1v) is 14.2. The molecule has 0 aliphatic rings. The molecule has 0 aliphatic carbocycles. The van der Waals surface area contributed by atoms with Gasteiger partial charge in [0.1, 0.15) is 6.61 Å². The summed E-state index contributed by atoms with van der Waals surface area (Å²) >= 11 is 0. The van der Waals surface area contributed by atoms with Crippen LogP contribution in [-0.2, 0) is 9.53 Å². The quantitative estimate of drug-likeness (QED) is 0.0924. The predicted molar refractivity (Wildman–Crippen MR) is 141 cm³/mol. The third kappa shape index (κ3) is 25.4. The third-order valence-corrected chi connectivity index (χ3v) is 6.09. The fraction of sp³-hybridized carbons (Fsp3) is 0.897. The summed E-state index contributed by atoms with van der Waals surface area (Å²) in [6, 6.07) is 0. The molecule has 0 fully saturated rings. The third-order valence-electron chi connectivity index (χ3n) is 6.09. The fourth-order valence-corrected chi connectivity index (χ4v) is 3.96. The molecule has 0 heterocycles. The van der Waals surface area contributed by atoms with Crippen LogP contribution in [0.3, 0.4) is 0 Å². The summed E-state index contributed by atoms with van der Waals surface area (Å²) in [6.07, 6.45) is 21.6. The molecular weight excluding hydrogens is 410 g/mol. The Kier molecular flexibility index (Phi) is 26.3. The van der Waals surface area contributed by atoms with Gasteiger partial charge < -0.3 is 14.7 Å².